The van der Waals surface area contributed by atoms with Crippen LogP contribution in [0.2, 0.25) is 0 Å². The molecule has 0 bridgehead atoms. The first-order valence-corrected chi connectivity index (χ1v) is 9.61. The van der Waals surface area contributed by atoms with Crippen molar-refractivity contribution in [3.63, 3.8) is 0 Å². The molecule has 0 saturated heterocycles. The quantitative estimate of drug-likeness (QED) is 0.610. The van der Waals surface area contributed by atoms with Crippen LogP contribution in [0.1, 0.15) is 32.1 Å². The van der Waals surface area contributed by atoms with Crippen LogP contribution in [0.25, 0.3) is 0 Å². The van der Waals surface area contributed by atoms with E-state index in [1.807, 2.05) is 0 Å². The third-order valence-corrected chi connectivity index (χ3v) is 6.95. The lowest BCUT2D eigenvalue weighted by molar-refractivity contribution is 0.704. The van der Waals surface area contributed by atoms with Gasteiger partial charge in [0.1, 0.15) is 0 Å². The maximum Gasteiger partial charge on any atom is 0.0217 e. The van der Waals surface area contributed by atoms with Crippen LogP contribution in [0.4, 0.5) is 0 Å². The second-order valence-electron chi connectivity index (χ2n) is 5.58. The van der Waals surface area contributed by atoms with Crippen molar-refractivity contribution in [2.45, 2.75) is 52.4 Å². The monoisotopic (exact) mass is 314 g/mol. The number of hydrogen-bond acceptors (Lipinski definition) is 2. The van der Waals surface area contributed by atoms with Gasteiger partial charge in [0.05, 0.1) is 0 Å². The third kappa shape index (κ3) is 4.55. The summed E-state index contributed by atoms with van der Waals surface area (Å²) in [6, 6.07) is 21.8. The fourth-order valence-electron chi connectivity index (χ4n) is 2.86. The molecule has 0 spiro atoms. The van der Waals surface area contributed by atoms with Crippen molar-refractivity contribution in [1.82, 2.24) is 0 Å². The molecule has 1 aliphatic rings. The van der Waals surface area contributed by atoms with Crippen LogP contribution in [0.3, 0.4) is 0 Å². The van der Waals surface area contributed by atoms with Gasteiger partial charge in [-0.3, -0.25) is 0 Å². The molecule has 0 radical (unpaired) electrons. The first kappa shape index (κ1) is 15.1. The summed E-state index contributed by atoms with van der Waals surface area (Å²) in [4.78, 5) is 2.84. The highest BCUT2D eigenvalue weighted by molar-refractivity contribution is 8.03. The zero-order chi connectivity index (χ0) is 14.3. The highest BCUT2D eigenvalue weighted by Crippen LogP contribution is 2.40. The van der Waals surface area contributed by atoms with Crippen LogP contribution < -0.4 is 0 Å². The lowest BCUT2D eigenvalue weighted by Gasteiger charge is -2.24. The van der Waals surface area contributed by atoms with Gasteiger partial charge in [-0.25, -0.2) is 0 Å². The molecule has 0 nitrogen and oxygen atoms in total. The first-order chi connectivity index (χ1) is 10.4. The molecule has 110 valence electrons. The minimum absolute atomic E-state index is 0.736. The van der Waals surface area contributed by atoms with Crippen LogP contribution in [0.5, 0.6) is 0 Å². The summed E-state index contributed by atoms with van der Waals surface area (Å²) in [7, 11) is 0. The third-order valence-electron chi connectivity index (χ3n) is 3.95. The second-order valence-corrected chi connectivity index (χ2v) is 8.20. The lowest BCUT2D eigenvalue weighted by Crippen LogP contribution is -2.18. The van der Waals surface area contributed by atoms with Crippen molar-refractivity contribution < 1.29 is 0 Å². The molecular formula is C19H22S2. The van der Waals surface area contributed by atoms with Gasteiger partial charge in [0, 0.05) is 20.3 Å². The Kier molecular flexibility index (Phi) is 5.70. The number of rotatable bonds is 4. The average Bonchev–Trinajstić information content (AvgIpc) is 2.75. The van der Waals surface area contributed by atoms with Crippen molar-refractivity contribution in [1.29, 1.82) is 0 Å². The standard InChI is InChI=1S/C19H22S2/c1-4-10-16(11-5-1)20-18-14-8-3-9-15-19(18)21-17-12-6-2-7-13-17/h1-2,4-7,10-13,18-19H,3,8-9,14-15H2/t18-,19-/m1/s1. The summed E-state index contributed by atoms with van der Waals surface area (Å²) in [5.74, 6) is 0. The molecule has 1 saturated carbocycles. The van der Waals surface area contributed by atoms with Gasteiger partial charge in [0.25, 0.3) is 0 Å². The van der Waals surface area contributed by atoms with E-state index in [1.165, 1.54) is 41.9 Å². The number of thioether (sulfide) groups is 2. The minimum atomic E-state index is 0.736. The van der Waals surface area contributed by atoms with Crippen molar-refractivity contribution >= 4 is 23.5 Å². The molecule has 0 heterocycles. The molecule has 1 aliphatic carbocycles. The molecule has 1 fully saturated rings. The topological polar surface area (TPSA) is 0 Å². The maximum atomic E-state index is 2.25. The predicted molar refractivity (Wildman–Crippen MR) is 95.3 cm³/mol. The van der Waals surface area contributed by atoms with Crippen molar-refractivity contribution in [3.8, 4) is 0 Å². The van der Waals surface area contributed by atoms with Crippen LogP contribution in [-0.2, 0) is 0 Å². The van der Waals surface area contributed by atoms with Gasteiger partial charge < -0.3 is 0 Å². The molecule has 21 heavy (non-hydrogen) atoms. The van der Waals surface area contributed by atoms with E-state index in [1.54, 1.807) is 0 Å². The van der Waals surface area contributed by atoms with E-state index in [9.17, 15) is 0 Å². The molecule has 0 amide bonds. The Bertz CT molecular complexity index is 474. The SMILES string of the molecule is c1ccc(S[C@@H]2CCCCC[C@H]2Sc2ccccc2)cc1. The minimum Gasteiger partial charge on any atom is -0.122 e. The van der Waals surface area contributed by atoms with E-state index in [0.29, 0.717) is 0 Å². The highest BCUT2D eigenvalue weighted by atomic mass is 32.2. The molecule has 0 aromatic heterocycles. The fraction of sp³-hybridized carbons (Fsp3) is 0.368. The molecule has 3 rings (SSSR count). The molecule has 2 heteroatoms. The molecule has 0 N–H and O–H groups in total. The van der Waals surface area contributed by atoms with Crippen LogP contribution in [0.15, 0.2) is 70.5 Å². The molecule has 0 unspecified atom stereocenters. The normalized spacial score (nSPS) is 22.7. The predicted octanol–water partition coefficient (Wildman–Crippen LogP) is 6.27. The van der Waals surface area contributed by atoms with Gasteiger partial charge >= 0.3 is 0 Å². The average molecular weight is 315 g/mol. The van der Waals surface area contributed by atoms with E-state index in [0.717, 1.165) is 10.5 Å². The van der Waals surface area contributed by atoms with E-state index < -0.39 is 0 Å². The summed E-state index contributed by atoms with van der Waals surface area (Å²) in [5.41, 5.74) is 0. The summed E-state index contributed by atoms with van der Waals surface area (Å²) < 4.78 is 0. The van der Waals surface area contributed by atoms with E-state index in [-0.39, 0.29) is 0 Å². The van der Waals surface area contributed by atoms with E-state index in [2.05, 4.69) is 84.2 Å². The molecule has 0 aliphatic heterocycles. The number of benzene rings is 2. The van der Waals surface area contributed by atoms with Crippen molar-refractivity contribution in [2.24, 2.45) is 0 Å². The Balaban J connectivity index is 1.71. The zero-order valence-electron chi connectivity index (χ0n) is 12.3. The largest absolute Gasteiger partial charge is 0.122 e. The van der Waals surface area contributed by atoms with Crippen LogP contribution in [0, 0.1) is 0 Å². The lowest BCUT2D eigenvalue weighted by atomic mass is 10.2. The first-order valence-electron chi connectivity index (χ1n) is 7.85. The molecule has 2 aromatic rings. The highest BCUT2D eigenvalue weighted by Gasteiger charge is 2.25. The van der Waals surface area contributed by atoms with Gasteiger partial charge in [0.2, 0.25) is 0 Å². The Labute approximate surface area is 136 Å². The summed E-state index contributed by atoms with van der Waals surface area (Å²) >= 11 is 4.17. The van der Waals surface area contributed by atoms with Crippen LogP contribution in [-0.4, -0.2) is 10.5 Å². The van der Waals surface area contributed by atoms with Gasteiger partial charge in [0.15, 0.2) is 0 Å². The molecule has 2 aromatic carbocycles. The van der Waals surface area contributed by atoms with Gasteiger partial charge in [-0.05, 0) is 37.1 Å². The number of hydrogen-bond donors (Lipinski definition) is 0. The molecular weight excluding hydrogens is 292 g/mol. The summed E-state index contributed by atoms with van der Waals surface area (Å²) in [6.07, 6.45) is 6.87. The smallest absolute Gasteiger partial charge is 0.0217 e. The van der Waals surface area contributed by atoms with Crippen molar-refractivity contribution in [3.05, 3.63) is 60.7 Å². The Morgan fingerprint density at radius 1 is 0.571 bits per heavy atom. The summed E-state index contributed by atoms with van der Waals surface area (Å²) in [5, 5.41) is 1.47. The Morgan fingerprint density at radius 2 is 1.00 bits per heavy atom. The fourth-order valence-corrected chi connectivity index (χ4v) is 5.66. The van der Waals surface area contributed by atoms with Crippen molar-refractivity contribution in [2.75, 3.05) is 0 Å². The van der Waals surface area contributed by atoms with Gasteiger partial charge in [-0.1, -0.05) is 55.7 Å². The Hall–Kier alpha value is -0.860. The molecule has 2 atom stereocenters. The zero-order valence-corrected chi connectivity index (χ0v) is 13.9. The van der Waals surface area contributed by atoms with E-state index >= 15 is 0 Å². The van der Waals surface area contributed by atoms with Gasteiger partial charge in [-0.2, -0.15) is 0 Å². The van der Waals surface area contributed by atoms with E-state index in [4.69, 9.17) is 0 Å². The van der Waals surface area contributed by atoms with Crippen LogP contribution >= 0.6 is 23.5 Å². The second kappa shape index (κ2) is 7.95. The Morgan fingerprint density at radius 3 is 1.43 bits per heavy atom. The summed E-state index contributed by atoms with van der Waals surface area (Å²) in [6.45, 7) is 0. The maximum absolute atomic E-state index is 2.25. The van der Waals surface area contributed by atoms with Gasteiger partial charge in [-0.15, -0.1) is 23.5 Å².